The molecule has 2 saturated carbocycles. The summed E-state index contributed by atoms with van der Waals surface area (Å²) in [7, 11) is 0. The number of carbonyl (C=O) groups is 5. The molecule has 0 radical (unpaired) electrons. The quantitative estimate of drug-likeness (QED) is 0.384. The highest BCUT2D eigenvalue weighted by molar-refractivity contribution is 6.32. The van der Waals surface area contributed by atoms with E-state index in [0.717, 1.165) is 31.7 Å². The Kier molecular flexibility index (Phi) is 8.29. The molecule has 0 aromatic heterocycles. The van der Waals surface area contributed by atoms with Crippen LogP contribution in [0.15, 0.2) is 6.07 Å². The Hall–Kier alpha value is -2.67. The maximum atomic E-state index is 14.5. The first-order valence-corrected chi connectivity index (χ1v) is 15.7. The number of aryl methyl sites for hydroxylation is 1. The van der Waals surface area contributed by atoms with E-state index >= 15 is 0 Å². The van der Waals surface area contributed by atoms with Gasteiger partial charge in [0, 0.05) is 11.3 Å². The van der Waals surface area contributed by atoms with Crippen LogP contribution in [0.5, 0.6) is 5.75 Å². The van der Waals surface area contributed by atoms with Crippen molar-refractivity contribution < 1.29 is 34.2 Å². The van der Waals surface area contributed by atoms with Crippen LogP contribution in [0.1, 0.15) is 121 Å². The Labute approximate surface area is 249 Å². The summed E-state index contributed by atoms with van der Waals surface area (Å²) in [5.74, 6) is -7.99. The highest BCUT2D eigenvalue weighted by Crippen LogP contribution is 2.64. The molecule has 7 nitrogen and oxygen atoms in total. The van der Waals surface area contributed by atoms with Gasteiger partial charge in [-0.3, -0.25) is 24.0 Å². The maximum Gasteiger partial charge on any atom is 0.190 e. The normalized spacial score (nSPS) is 33.5. The zero-order valence-electron chi connectivity index (χ0n) is 26.7. The van der Waals surface area contributed by atoms with Crippen LogP contribution >= 0.6 is 0 Å². The third kappa shape index (κ3) is 4.44. The minimum atomic E-state index is -2.67. The minimum absolute atomic E-state index is 0.0449. The van der Waals surface area contributed by atoms with E-state index in [-0.39, 0.29) is 36.0 Å². The molecular formula is C35H48O7. The van der Waals surface area contributed by atoms with Crippen LogP contribution in [0, 0.1) is 40.4 Å². The lowest BCUT2D eigenvalue weighted by Crippen LogP contribution is -2.76. The summed E-state index contributed by atoms with van der Waals surface area (Å²) >= 11 is 0. The molecule has 0 saturated heterocycles. The molecule has 7 heteroatoms. The number of carbonyl (C=O) groups excluding carboxylic acids is 5. The Morgan fingerprint density at radius 2 is 1.64 bits per heavy atom. The van der Waals surface area contributed by atoms with E-state index in [0.29, 0.717) is 23.5 Å². The van der Waals surface area contributed by atoms with Crippen molar-refractivity contribution in [2.75, 3.05) is 0 Å². The Morgan fingerprint density at radius 3 is 2.17 bits per heavy atom. The zero-order valence-corrected chi connectivity index (χ0v) is 26.7. The van der Waals surface area contributed by atoms with Gasteiger partial charge in [0.25, 0.3) is 0 Å². The standard InChI is InChI=1S/C35H48O7/c1-10-11-19(6)12-13-21-14-22(17(2)3)23-15-33(8)16-34(9)26(18(4)5)29(38)24(20(7)36)31(40)35(34,42)32(41)27(33)30(39)25(23)28(21)37/h14,17-19,24,26-27,37,42H,10-13,15-16H2,1-9H3/t19?,24?,26?,27?,33-,34-,35+/m1/s1. The second-order valence-electron chi connectivity index (χ2n) is 14.7. The third-order valence-corrected chi connectivity index (χ3v) is 10.8. The van der Waals surface area contributed by atoms with E-state index in [1.165, 1.54) is 0 Å². The predicted molar refractivity (Wildman–Crippen MR) is 159 cm³/mol. The van der Waals surface area contributed by atoms with Gasteiger partial charge in [0.15, 0.2) is 28.7 Å². The molecule has 0 aliphatic heterocycles. The highest BCUT2D eigenvalue weighted by atomic mass is 16.3. The zero-order chi connectivity index (χ0) is 31.7. The average Bonchev–Trinajstić information content (AvgIpc) is 2.85. The van der Waals surface area contributed by atoms with Gasteiger partial charge in [-0.2, -0.15) is 0 Å². The number of ketones is 5. The largest absolute Gasteiger partial charge is 0.507 e. The van der Waals surface area contributed by atoms with E-state index in [1.54, 1.807) is 20.8 Å². The summed E-state index contributed by atoms with van der Waals surface area (Å²) in [4.78, 5) is 69.0. The lowest BCUT2D eigenvalue weighted by molar-refractivity contribution is -0.205. The molecule has 2 N–H and O–H groups in total. The number of phenols is 1. The summed E-state index contributed by atoms with van der Waals surface area (Å²) in [6.07, 6.45) is 3.90. The second-order valence-corrected chi connectivity index (χ2v) is 14.7. The maximum absolute atomic E-state index is 14.5. The fraction of sp³-hybridized carbons (Fsp3) is 0.686. The molecule has 0 heterocycles. The fourth-order valence-corrected chi connectivity index (χ4v) is 9.03. The van der Waals surface area contributed by atoms with E-state index in [4.69, 9.17) is 0 Å². The first-order chi connectivity index (χ1) is 19.4. The minimum Gasteiger partial charge on any atom is -0.507 e. The van der Waals surface area contributed by atoms with Gasteiger partial charge in [0.2, 0.25) is 0 Å². The molecule has 3 aliphatic rings. The number of aliphatic hydroxyl groups is 1. The van der Waals surface area contributed by atoms with Gasteiger partial charge in [-0.15, -0.1) is 0 Å². The van der Waals surface area contributed by atoms with Crippen molar-refractivity contribution in [1.29, 1.82) is 0 Å². The number of hydrogen-bond acceptors (Lipinski definition) is 7. The molecule has 4 rings (SSSR count). The number of Topliss-reactive ketones (excluding diaryl/α,β-unsaturated/α-hetero) is 5. The molecule has 42 heavy (non-hydrogen) atoms. The van der Waals surface area contributed by atoms with E-state index < -0.39 is 63.1 Å². The van der Waals surface area contributed by atoms with Crippen LogP contribution in [0.25, 0.3) is 0 Å². The van der Waals surface area contributed by atoms with E-state index in [2.05, 4.69) is 13.8 Å². The van der Waals surface area contributed by atoms with Gasteiger partial charge < -0.3 is 10.2 Å². The Balaban J connectivity index is 1.92. The van der Waals surface area contributed by atoms with E-state index in [1.807, 2.05) is 26.8 Å². The molecule has 7 atom stereocenters. The third-order valence-electron chi connectivity index (χ3n) is 10.8. The van der Waals surface area contributed by atoms with Gasteiger partial charge in [0.1, 0.15) is 17.5 Å². The van der Waals surface area contributed by atoms with Gasteiger partial charge in [-0.05, 0) is 72.5 Å². The molecule has 0 amide bonds. The van der Waals surface area contributed by atoms with Crippen LogP contribution in [0.3, 0.4) is 0 Å². The summed E-state index contributed by atoms with van der Waals surface area (Å²) in [5, 5.41) is 23.7. The molecule has 1 aromatic carbocycles. The Bertz CT molecular complexity index is 1360. The molecule has 3 aliphatic carbocycles. The van der Waals surface area contributed by atoms with Gasteiger partial charge in [0.05, 0.1) is 11.5 Å². The highest BCUT2D eigenvalue weighted by Gasteiger charge is 2.76. The smallest absolute Gasteiger partial charge is 0.190 e. The summed E-state index contributed by atoms with van der Waals surface area (Å²) in [6.45, 7) is 16.5. The van der Waals surface area contributed by atoms with Crippen LogP contribution < -0.4 is 0 Å². The average molecular weight is 581 g/mol. The molecule has 1 aromatic rings. The monoisotopic (exact) mass is 580 g/mol. The van der Waals surface area contributed by atoms with Crippen molar-refractivity contribution in [2.24, 2.45) is 40.4 Å². The van der Waals surface area contributed by atoms with Crippen molar-refractivity contribution in [2.45, 2.75) is 112 Å². The molecule has 4 unspecified atom stereocenters. The Morgan fingerprint density at radius 1 is 1.02 bits per heavy atom. The van der Waals surface area contributed by atoms with Crippen LogP contribution in [-0.4, -0.2) is 44.7 Å². The number of rotatable bonds is 8. The first-order valence-electron chi connectivity index (χ1n) is 15.7. The molecular weight excluding hydrogens is 532 g/mol. The van der Waals surface area contributed by atoms with Crippen molar-refractivity contribution >= 4 is 28.9 Å². The van der Waals surface area contributed by atoms with Crippen LogP contribution in [0.2, 0.25) is 0 Å². The predicted octanol–water partition coefficient (Wildman–Crippen LogP) is 5.59. The number of aromatic hydroxyl groups is 1. The second kappa shape index (κ2) is 10.8. The topological polar surface area (TPSA) is 126 Å². The molecule has 0 spiro atoms. The van der Waals surface area contributed by atoms with Crippen molar-refractivity contribution in [3.05, 3.63) is 28.3 Å². The number of benzene rings is 1. The van der Waals surface area contributed by atoms with Crippen LogP contribution in [-0.2, 0) is 32.0 Å². The van der Waals surface area contributed by atoms with Gasteiger partial charge >= 0.3 is 0 Å². The summed E-state index contributed by atoms with van der Waals surface area (Å²) in [6, 6.07) is 2.00. The van der Waals surface area contributed by atoms with Gasteiger partial charge in [-0.25, -0.2) is 0 Å². The van der Waals surface area contributed by atoms with Gasteiger partial charge in [-0.1, -0.05) is 74.3 Å². The molecule has 0 bridgehead atoms. The molecule has 2 fully saturated rings. The number of phenolic OH excluding ortho intramolecular Hbond substituents is 1. The SMILES string of the molecule is CCCC(C)CCc1cc(C(C)C)c2c(c1O)C(=O)C1C(=O)[C@@]3(O)C(=O)C(C(C)=O)C(=O)C(C(C)C)[C@@]3(C)C[C@@]1(C)C2. The van der Waals surface area contributed by atoms with Crippen LogP contribution in [0.4, 0.5) is 0 Å². The lowest BCUT2D eigenvalue weighted by Gasteiger charge is -2.62. The van der Waals surface area contributed by atoms with Crippen molar-refractivity contribution in [3.8, 4) is 5.75 Å². The number of hydrogen-bond donors (Lipinski definition) is 2. The first kappa shape index (κ1) is 32.2. The lowest BCUT2D eigenvalue weighted by atomic mass is 9.39. The van der Waals surface area contributed by atoms with Crippen molar-refractivity contribution in [1.82, 2.24) is 0 Å². The fourth-order valence-electron chi connectivity index (χ4n) is 9.03. The molecule has 230 valence electrons. The van der Waals surface area contributed by atoms with Crippen molar-refractivity contribution in [3.63, 3.8) is 0 Å². The summed E-state index contributed by atoms with van der Waals surface area (Å²) < 4.78 is 0. The van der Waals surface area contributed by atoms with E-state index in [9.17, 15) is 34.2 Å². The summed E-state index contributed by atoms with van der Waals surface area (Å²) in [5.41, 5.74) is -2.75. The number of fused-ring (bicyclic) bond motifs is 3.